The number of hydrogen-bond acceptors (Lipinski definition) is 3. The molecule has 1 aromatic carbocycles. The number of benzene rings is 1. The van der Waals surface area contributed by atoms with Crippen molar-refractivity contribution in [3.05, 3.63) is 28.2 Å². The monoisotopic (exact) mass is 327 g/mol. The fraction of sp³-hybridized carbons (Fsp3) is 0.600. The van der Waals surface area contributed by atoms with Gasteiger partial charge in [-0.2, -0.15) is 0 Å². The SMILES string of the molecule is CCNC(C)c1ccc(OCC2CCCO2)cc1Br. The smallest absolute Gasteiger partial charge is 0.120 e. The van der Waals surface area contributed by atoms with E-state index in [9.17, 15) is 0 Å². The minimum atomic E-state index is 0.263. The maximum Gasteiger partial charge on any atom is 0.120 e. The summed E-state index contributed by atoms with van der Waals surface area (Å²) in [5.74, 6) is 0.898. The first-order valence-corrected chi connectivity index (χ1v) is 7.77. The van der Waals surface area contributed by atoms with Crippen molar-refractivity contribution >= 4 is 15.9 Å². The van der Waals surface area contributed by atoms with Gasteiger partial charge in [0.1, 0.15) is 12.4 Å². The Morgan fingerprint density at radius 2 is 2.37 bits per heavy atom. The Morgan fingerprint density at radius 3 is 3.00 bits per heavy atom. The highest BCUT2D eigenvalue weighted by molar-refractivity contribution is 9.10. The van der Waals surface area contributed by atoms with Gasteiger partial charge < -0.3 is 14.8 Å². The van der Waals surface area contributed by atoms with E-state index in [2.05, 4.69) is 41.2 Å². The van der Waals surface area contributed by atoms with Crippen molar-refractivity contribution in [2.75, 3.05) is 19.8 Å². The van der Waals surface area contributed by atoms with Crippen molar-refractivity contribution < 1.29 is 9.47 Å². The van der Waals surface area contributed by atoms with Gasteiger partial charge in [-0.3, -0.25) is 0 Å². The van der Waals surface area contributed by atoms with Crippen molar-refractivity contribution in [2.24, 2.45) is 0 Å². The summed E-state index contributed by atoms with van der Waals surface area (Å²) < 4.78 is 12.4. The Bertz CT molecular complexity index is 405. The Balaban J connectivity index is 1.93. The standard InChI is InChI=1S/C15H22BrNO2/c1-3-17-11(2)14-7-6-12(9-15(14)16)19-10-13-5-4-8-18-13/h6-7,9,11,13,17H,3-5,8,10H2,1-2H3. The third-order valence-electron chi connectivity index (χ3n) is 3.41. The summed E-state index contributed by atoms with van der Waals surface area (Å²) >= 11 is 3.62. The molecule has 4 heteroatoms. The summed E-state index contributed by atoms with van der Waals surface area (Å²) in [4.78, 5) is 0. The fourth-order valence-electron chi connectivity index (χ4n) is 2.33. The molecule has 2 rings (SSSR count). The van der Waals surface area contributed by atoms with Gasteiger partial charge in [0.25, 0.3) is 0 Å². The van der Waals surface area contributed by atoms with Crippen LogP contribution in [0.15, 0.2) is 22.7 Å². The molecule has 0 spiro atoms. The molecule has 1 aliphatic rings. The van der Waals surface area contributed by atoms with E-state index in [0.717, 1.165) is 36.2 Å². The van der Waals surface area contributed by atoms with Crippen LogP contribution in [0.1, 0.15) is 38.3 Å². The van der Waals surface area contributed by atoms with Crippen molar-refractivity contribution in [3.8, 4) is 5.75 Å². The second kappa shape index (κ2) is 7.27. The van der Waals surface area contributed by atoms with Crippen LogP contribution in [0.5, 0.6) is 5.75 Å². The molecule has 1 aliphatic heterocycles. The fourth-order valence-corrected chi connectivity index (χ4v) is 3.03. The van der Waals surface area contributed by atoms with Crippen LogP contribution in [0.2, 0.25) is 0 Å². The summed E-state index contributed by atoms with van der Waals surface area (Å²) in [6, 6.07) is 6.52. The number of halogens is 1. The van der Waals surface area contributed by atoms with E-state index in [0.29, 0.717) is 12.6 Å². The Morgan fingerprint density at radius 1 is 1.53 bits per heavy atom. The van der Waals surface area contributed by atoms with Gasteiger partial charge in [-0.1, -0.05) is 28.9 Å². The number of hydrogen-bond donors (Lipinski definition) is 1. The first kappa shape index (κ1) is 14.8. The average Bonchev–Trinajstić information content (AvgIpc) is 2.89. The highest BCUT2D eigenvalue weighted by Crippen LogP contribution is 2.28. The quantitative estimate of drug-likeness (QED) is 0.864. The molecule has 3 nitrogen and oxygen atoms in total. The van der Waals surface area contributed by atoms with E-state index in [1.807, 2.05) is 12.1 Å². The van der Waals surface area contributed by atoms with Gasteiger partial charge in [0.2, 0.25) is 0 Å². The topological polar surface area (TPSA) is 30.5 Å². The summed E-state index contributed by atoms with van der Waals surface area (Å²) in [6.07, 6.45) is 2.52. The minimum Gasteiger partial charge on any atom is -0.491 e. The Kier molecular flexibility index (Phi) is 5.67. The molecule has 2 unspecified atom stereocenters. The lowest BCUT2D eigenvalue weighted by Crippen LogP contribution is -2.18. The molecule has 0 aromatic heterocycles. The molecule has 1 saturated heterocycles. The third-order valence-corrected chi connectivity index (χ3v) is 4.10. The van der Waals surface area contributed by atoms with Gasteiger partial charge >= 0.3 is 0 Å². The summed E-state index contributed by atoms with van der Waals surface area (Å²) in [5, 5.41) is 3.41. The van der Waals surface area contributed by atoms with Crippen molar-refractivity contribution in [1.82, 2.24) is 5.32 Å². The van der Waals surface area contributed by atoms with E-state index in [4.69, 9.17) is 9.47 Å². The molecule has 2 atom stereocenters. The molecule has 19 heavy (non-hydrogen) atoms. The van der Waals surface area contributed by atoms with Gasteiger partial charge in [0.15, 0.2) is 0 Å². The lowest BCUT2D eigenvalue weighted by molar-refractivity contribution is 0.0679. The predicted molar refractivity (Wildman–Crippen MR) is 80.7 cm³/mol. The molecule has 0 radical (unpaired) electrons. The number of ether oxygens (including phenoxy) is 2. The molecule has 0 amide bonds. The van der Waals surface area contributed by atoms with Crippen LogP contribution in [-0.2, 0) is 4.74 Å². The first-order valence-electron chi connectivity index (χ1n) is 6.98. The van der Waals surface area contributed by atoms with Crippen molar-refractivity contribution in [1.29, 1.82) is 0 Å². The zero-order valence-electron chi connectivity index (χ0n) is 11.6. The molecule has 1 N–H and O–H groups in total. The normalized spacial score (nSPS) is 20.5. The van der Waals surface area contributed by atoms with Gasteiger partial charge in [0, 0.05) is 17.1 Å². The van der Waals surface area contributed by atoms with Crippen molar-refractivity contribution in [2.45, 2.75) is 38.8 Å². The summed E-state index contributed by atoms with van der Waals surface area (Å²) in [5.41, 5.74) is 1.26. The molecule has 0 bridgehead atoms. The van der Waals surface area contributed by atoms with Crippen molar-refractivity contribution in [3.63, 3.8) is 0 Å². The number of nitrogens with one attached hydrogen (secondary N) is 1. The second-order valence-corrected chi connectivity index (χ2v) is 5.76. The van der Waals surface area contributed by atoms with Crippen LogP contribution >= 0.6 is 15.9 Å². The van der Waals surface area contributed by atoms with Crippen LogP contribution in [0, 0.1) is 0 Å². The second-order valence-electron chi connectivity index (χ2n) is 4.91. The number of rotatable bonds is 6. The highest BCUT2D eigenvalue weighted by Gasteiger charge is 2.16. The molecule has 0 aliphatic carbocycles. The maximum atomic E-state index is 5.79. The van der Waals surface area contributed by atoms with Crippen LogP contribution in [0.3, 0.4) is 0 Å². The Hall–Kier alpha value is -0.580. The molecule has 1 heterocycles. The van der Waals surface area contributed by atoms with E-state index >= 15 is 0 Å². The van der Waals surface area contributed by atoms with E-state index in [-0.39, 0.29) is 6.10 Å². The summed E-state index contributed by atoms with van der Waals surface area (Å²) in [6.45, 7) is 6.76. The van der Waals surface area contributed by atoms with Crippen LogP contribution < -0.4 is 10.1 Å². The van der Waals surface area contributed by atoms with Gasteiger partial charge in [0.05, 0.1) is 6.10 Å². The van der Waals surface area contributed by atoms with Gasteiger partial charge in [-0.15, -0.1) is 0 Å². The minimum absolute atomic E-state index is 0.263. The van der Waals surface area contributed by atoms with E-state index in [1.165, 1.54) is 5.56 Å². The maximum absolute atomic E-state index is 5.79. The summed E-state index contributed by atoms with van der Waals surface area (Å²) in [7, 11) is 0. The largest absolute Gasteiger partial charge is 0.491 e. The van der Waals surface area contributed by atoms with Gasteiger partial charge in [-0.05, 0) is 44.0 Å². The zero-order chi connectivity index (χ0) is 13.7. The first-order chi connectivity index (χ1) is 9.20. The molecular formula is C15H22BrNO2. The average molecular weight is 328 g/mol. The molecule has 1 aromatic rings. The molecule has 1 fully saturated rings. The van der Waals surface area contributed by atoms with E-state index in [1.54, 1.807) is 0 Å². The zero-order valence-corrected chi connectivity index (χ0v) is 13.2. The molecule has 106 valence electrons. The lowest BCUT2D eigenvalue weighted by atomic mass is 10.1. The van der Waals surface area contributed by atoms with Crippen LogP contribution in [0.4, 0.5) is 0 Å². The third kappa shape index (κ3) is 4.20. The Labute approximate surface area is 123 Å². The van der Waals surface area contributed by atoms with Crippen LogP contribution in [-0.4, -0.2) is 25.9 Å². The van der Waals surface area contributed by atoms with E-state index < -0.39 is 0 Å². The van der Waals surface area contributed by atoms with Gasteiger partial charge in [-0.25, -0.2) is 0 Å². The lowest BCUT2D eigenvalue weighted by Gasteiger charge is -2.16. The highest BCUT2D eigenvalue weighted by atomic mass is 79.9. The predicted octanol–water partition coefficient (Wildman–Crippen LogP) is 3.68. The molecule has 0 saturated carbocycles. The van der Waals surface area contributed by atoms with Crippen LogP contribution in [0.25, 0.3) is 0 Å². The molecular weight excluding hydrogens is 306 g/mol.